The fourth-order valence-corrected chi connectivity index (χ4v) is 3.02. The van der Waals surface area contributed by atoms with Crippen LogP contribution in [0.15, 0.2) is 24.3 Å². The maximum absolute atomic E-state index is 11.5. The van der Waals surface area contributed by atoms with E-state index in [-0.39, 0.29) is 0 Å². The first kappa shape index (κ1) is 13.7. The van der Waals surface area contributed by atoms with Crippen molar-refractivity contribution in [3.8, 4) is 0 Å². The molecule has 0 saturated heterocycles. The lowest BCUT2D eigenvalue weighted by molar-refractivity contribution is -0.138. The van der Waals surface area contributed by atoms with Crippen molar-refractivity contribution in [3.05, 3.63) is 51.0 Å². The van der Waals surface area contributed by atoms with Gasteiger partial charge in [0.2, 0.25) is 0 Å². The van der Waals surface area contributed by atoms with Gasteiger partial charge >= 0.3 is 5.97 Å². The summed E-state index contributed by atoms with van der Waals surface area (Å²) in [5.74, 6) is -1.37. The highest BCUT2D eigenvalue weighted by atomic mass is 32.1. The summed E-state index contributed by atoms with van der Waals surface area (Å²) >= 11 is 1.48. The summed E-state index contributed by atoms with van der Waals surface area (Å²) in [7, 11) is 0. The van der Waals surface area contributed by atoms with Crippen molar-refractivity contribution in [2.75, 3.05) is 0 Å². The van der Waals surface area contributed by atoms with Crippen molar-refractivity contribution in [1.82, 2.24) is 4.98 Å². The number of hydrogen-bond donors (Lipinski definition) is 1. The Hall–Kier alpha value is -1.68. The van der Waals surface area contributed by atoms with Gasteiger partial charge in [-0.25, -0.2) is 4.98 Å². The molecule has 1 heterocycles. The average Bonchev–Trinajstić information content (AvgIpc) is 2.66. The molecular formula is C15H17NO2S. The monoisotopic (exact) mass is 275 g/mol. The van der Waals surface area contributed by atoms with E-state index in [1.165, 1.54) is 11.3 Å². The summed E-state index contributed by atoms with van der Waals surface area (Å²) in [4.78, 5) is 17.0. The lowest BCUT2D eigenvalue weighted by Gasteiger charge is -2.10. The van der Waals surface area contributed by atoms with Crippen LogP contribution in [0.3, 0.4) is 0 Å². The number of aryl methyl sites for hydroxylation is 3. The smallest absolute Gasteiger partial charge is 0.313 e. The second-order valence-corrected chi connectivity index (χ2v) is 6.01. The zero-order chi connectivity index (χ0) is 14.0. The molecule has 2 aromatic rings. The molecule has 0 spiro atoms. The fourth-order valence-electron chi connectivity index (χ4n) is 2.00. The summed E-state index contributed by atoms with van der Waals surface area (Å²) in [5, 5.41) is 10.1. The van der Waals surface area contributed by atoms with E-state index in [0.29, 0.717) is 11.4 Å². The Balaban J connectivity index is 2.29. The molecule has 4 heteroatoms. The maximum atomic E-state index is 11.5. The molecule has 0 aliphatic rings. The van der Waals surface area contributed by atoms with Crippen LogP contribution in [-0.2, 0) is 11.2 Å². The first-order valence-electron chi connectivity index (χ1n) is 6.19. The molecule has 19 heavy (non-hydrogen) atoms. The summed E-state index contributed by atoms with van der Waals surface area (Å²) in [6.07, 6.45) is 0.489. The van der Waals surface area contributed by atoms with Gasteiger partial charge in [-0.2, -0.15) is 0 Å². The zero-order valence-electron chi connectivity index (χ0n) is 11.3. The van der Waals surface area contributed by atoms with Crippen molar-refractivity contribution in [2.24, 2.45) is 0 Å². The van der Waals surface area contributed by atoms with Crippen LogP contribution in [0.2, 0.25) is 0 Å². The van der Waals surface area contributed by atoms with Crippen LogP contribution < -0.4 is 0 Å². The van der Waals surface area contributed by atoms with Gasteiger partial charge in [-0.1, -0.05) is 29.8 Å². The summed E-state index contributed by atoms with van der Waals surface area (Å²) < 4.78 is 0. The highest BCUT2D eigenvalue weighted by molar-refractivity contribution is 7.11. The third-order valence-electron chi connectivity index (χ3n) is 3.16. The normalized spacial score (nSPS) is 12.4. The zero-order valence-corrected chi connectivity index (χ0v) is 12.1. The Labute approximate surface area is 116 Å². The third-order valence-corrected chi connectivity index (χ3v) is 4.35. The molecule has 2 rings (SSSR count). The number of rotatable bonds is 4. The van der Waals surface area contributed by atoms with Crippen molar-refractivity contribution >= 4 is 17.3 Å². The van der Waals surface area contributed by atoms with Crippen LogP contribution in [0.1, 0.15) is 32.6 Å². The Morgan fingerprint density at radius 1 is 1.37 bits per heavy atom. The van der Waals surface area contributed by atoms with Gasteiger partial charge < -0.3 is 5.11 Å². The number of benzene rings is 1. The minimum atomic E-state index is -0.810. The number of carboxylic acid groups (broad SMARTS) is 1. The van der Waals surface area contributed by atoms with Crippen LogP contribution in [-0.4, -0.2) is 16.1 Å². The van der Waals surface area contributed by atoms with Gasteiger partial charge in [0.15, 0.2) is 0 Å². The van der Waals surface area contributed by atoms with Gasteiger partial charge in [0, 0.05) is 4.88 Å². The van der Waals surface area contributed by atoms with E-state index < -0.39 is 11.9 Å². The van der Waals surface area contributed by atoms with E-state index in [2.05, 4.69) is 4.98 Å². The van der Waals surface area contributed by atoms with E-state index >= 15 is 0 Å². The van der Waals surface area contributed by atoms with Crippen LogP contribution in [0.5, 0.6) is 0 Å². The van der Waals surface area contributed by atoms with Gasteiger partial charge in [0.25, 0.3) is 0 Å². The molecule has 1 unspecified atom stereocenters. The minimum Gasteiger partial charge on any atom is -0.481 e. The predicted octanol–water partition coefficient (Wildman–Crippen LogP) is 3.48. The van der Waals surface area contributed by atoms with E-state index in [9.17, 15) is 9.90 Å². The van der Waals surface area contributed by atoms with Crippen LogP contribution in [0.25, 0.3) is 0 Å². The van der Waals surface area contributed by atoms with E-state index in [0.717, 1.165) is 21.7 Å². The number of carbonyl (C=O) groups is 1. The number of aromatic nitrogens is 1. The largest absolute Gasteiger partial charge is 0.481 e. The first-order valence-corrected chi connectivity index (χ1v) is 7.01. The lowest BCUT2D eigenvalue weighted by Crippen LogP contribution is -2.14. The summed E-state index contributed by atoms with van der Waals surface area (Å²) in [5.41, 5.74) is 3.11. The first-order chi connectivity index (χ1) is 8.97. The summed E-state index contributed by atoms with van der Waals surface area (Å²) in [6.45, 7) is 5.90. The van der Waals surface area contributed by atoms with E-state index in [4.69, 9.17) is 0 Å². The van der Waals surface area contributed by atoms with Gasteiger partial charge in [-0.05, 0) is 32.8 Å². The maximum Gasteiger partial charge on any atom is 0.313 e. The van der Waals surface area contributed by atoms with Crippen molar-refractivity contribution in [3.63, 3.8) is 0 Å². The van der Waals surface area contributed by atoms with Gasteiger partial charge in [-0.15, -0.1) is 11.3 Å². The quantitative estimate of drug-likeness (QED) is 0.929. The predicted molar refractivity (Wildman–Crippen MR) is 76.8 cm³/mol. The van der Waals surface area contributed by atoms with Crippen LogP contribution in [0.4, 0.5) is 0 Å². The second-order valence-electron chi connectivity index (χ2n) is 4.78. The number of aliphatic carboxylic acids is 1. The molecule has 0 amide bonds. The molecule has 0 fully saturated rings. The Kier molecular flexibility index (Phi) is 4.00. The number of carboxylic acids is 1. The molecule has 1 aromatic heterocycles. The number of thiazole rings is 1. The number of nitrogens with zero attached hydrogens (tertiary/aromatic N) is 1. The Morgan fingerprint density at radius 2 is 2.11 bits per heavy atom. The summed E-state index contributed by atoms with van der Waals surface area (Å²) in [6, 6.07) is 7.97. The average molecular weight is 275 g/mol. The van der Waals surface area contributed by atoms with Crippen molar-refractivity contribution in [1.29, 1.82) is 0 Å². The lowest BCUT2D eigenvalue weighted by atomic mass is 9.99. The molecule has 1 aromatic carbocycles. The molecule has 1 atom stereocenters. The second kappa shape index (κ2) is 5.53. The molecule has 0 saturated carbocycles. The molecule has 0 radical (unpaired) electrons. The van der Waals surface area contributed by atoms with Gasteiger partial charge in [0.1, 0.15) is 10.9 Å². The van der Waals surface area contributed by atoms with E-state index in [1.54, 1.807) is 0 Å². The van der Waals surface area contributed by atoms with E-state index in [1.807, 2.05) is 45.0 Å². The highest BCUT2D eigenvalue weighted by Gasteiger charge is 2.24. The third kappa shape index (κ3) is 3.20. The Bertz CT molecular complexity index is 584. The molecule has 0 aliphatic carbocycles. The van der Waals surface area contributed by atoms with Crippen molar-refractivity contribution < 1.29 is 9.90 Å². The Morgan fingerprint density at radius 3 is 2.63 bits per heavy atom. The SMILES string of the molecule is Cc1cccc(CC(C(=O)O)c2nc(C)c(C)s2)c1. The molecule has 0 aliphatic heterocycles. The van der Waals surface area contributed by atoms with Gasteiger partial charge in [-0.3, -0.25) is 4.79 Å². The standard InChI is InChI=1S/C15H17NO2S/c1-9-5-4-6-12(7-9)8-13(15(17)18)14-16-10(2)11(3)19-14/h4-7,13H,8H2,1-3H3,(H,17,18). The number of hydrogen-bond acceptors (Lipinski definition) is 3. The van der Waals surface area contributed by atoms with Crippen molar-refractivity contribution in [2.45, 2.75) is 33.1 Å². The van der Waals surface area contributed by atoms with Crippen LogP contribution >= 0.6 is 11.3 Å². The molecule has 0 bridgehead atoms. The minimum absolute atomic E-state index is 0.489. The molecule has 1 N–H and O–H groups in total. The molecular weight excluding hydrogens is 258 g/mol. The molecule has 3 nitrogen and oxygen atoms in total. The topological polar surface area (TPSA) is 50.2 Å². The molecule has 100 valence electrons. The fraction of sp³-hybridized carbons (Fsp3) is 0.333. The van der Waals surface area contributed by atoms with Crippen LogP contribution in [0, 0.1) is 20.8 Å². The highest BCUT2D eigenvalue weighted by Crippen LogP contribution is 2.27. The van der Waals surface area contributed by atoms with Gasteiger partial charge in [0.05, 0.1) is 5.69 Å².